The van der Waals surface area contributed by atoms with Crippen molar-refractivity contribution in [3.8, 4) is 0 Å². The molecule has 1 aliphatic heterocycles. The molecular weight excluding hydrogens is 450 g/mol. The predicted molar refractivity (Wildman–Crippen MR) is 134 cm³/mol. The van der Waals surface area contributed by atoms with E-state index >= 15 is 0 Å². The second-order valence-corrected chi connectivity index (χ2v) is 12.7. The summed E-state index contributed by atoms with van der Waals surface area (Å²) in [5.74, 6) is -0.315. The van der Waals surface area contributed by atoms with Crippen molar-refractivity contribution in [1.82, 2.24) is 9.21 Å². The van der Waals surface area contributed by atoms with Crippen LogP contribution >= 0.6 is 0 Å². The molecule has 3 rings (SSSR count). The number of carbonyl (C=O) groups excluding carboxylic acids is 2. The van der Waals surface area contributed by atoms with E-state index in [1.54, 1.807) is 41.3 Å². The minimum absolute atomic E-state index is 0.0544. The van der Waals surface area contributed by atoms with E-state index in [2.05, 4.69) is 26.1 Å². The highest BCUT2D eigenvalue weighted by Crippen LogP contribution is 2.25. The van der Waals surface area contributed by atoms with Crippen molar-refractivity contribution in [3.63, 3.8) is 0 Å². The van der Waals surface area contributed by atoms with Crippen molar-refractivity contribution in [2.75, 3.05) is 31.5 Å². The molecule has 2 aromatic rings. The van der Waals surface area contributed by atoms with Gasteiger partial charge in [-0.1, -0.05) is 59.7 Å². The standard InChI is InChI=1S/C26H35N3O4S/c1-25(2,3)20-10-12-22(13-11-20)34(32,33)29-16-14-28(15-17-29)23(30)19-8-7-9-21(18-19)27-24(31)26(4,5)6/h7-13,18H,14-17H2,1-6H3,(H,27,31). The molecule has 1 heterocycles. The summed E-state index contributed by atoms with van der Waals surface area (Å²) in [5, 5.41) is 2.84. The maximum absolute atomic E-state index is 13.1. The molecule has 1 saturated heterocycles. The molecule has 2 amide bonds. The van der Waals surface area contributed by atoms with Crippen molar-refractivity contribution < 1.29 is 18.0 Å². The number of amides is 2. The van der Waals surface area contributed by atoms with Crippen LogP contribution in [0.2, 0.25) is 0 Å². The van der Waals surface area contributed by atoms with Crippen LogP contribution < -0.4 is 5.32 Å². The lowest BCUT2D eigenvalue weighted by Gasteiger charge is -2.34. The molecule has 0 aliphatic carbocycles. The maximum atomic E-state index is 13.1. The van der Waals surface area contributed by atoms with E-state index in [-0.39, 0.29) is 35.2 Å². The van der Waals surface area contributed by atoms with E-state index < -0.39 is 15.4 Å². The highest BCUT2D eigenvalue weighted by atomic mass is 32.2. The number of benzene rings is 2. The fraction of sp³-hybridized carbons (Fsp3) is 0.462. The van der Waals surface area contributed by atoms with Crippen molar-refractivity contribution in [2.24, 2.45) is 5.41 Å². The lowest BCUT2D eigenvalue weighted by molar-refractivity contribution is -0.123. The number of anilines is 1. The van der Waals surface area contributed by atoms with Gasteiger partial charge >= 0.3 is 0 Å². The zero-order chi connectivity index (χ0) is 25.3. The van der Waals surface area contributed by atoms with Gasteiger partial charge in [-0.05, 0) is 41.3 Å². The Kier molecular flexibility index (Phi) is 7.24. The Morgan fingerprint density at radius 3 is 1.97 bits per heavy atom. The van der Waals surface area contributed by atoms with Gasteiger partial charge in [-0.2, -0.15) is 4.31 Å². The molecule has 1 fully saturated rings. The van der Waals surface area contributed by atoms with Gasteiger partial charge in [0.15, 0.2) is 0 Å². The monoisotopic (exact) mass is 485 g/mol. The molecule has 7 nitrogen and oxygen atoms in total. The smallest absolute Gasteiger partial charge is 0.254 e. The predicted octanol–water partition coefficient (Wildman–Crippen LogP) is 4.12. The van der Waals surface area contributed by atoms with Crippen LogP contribution in [0.1, 0.15) is 57.5 Å². The average Bonchev–Trinajstić information content (AvgIpc) is 2.77. The van der Waals surface area contributed by atoms with Gasteiger partial charge in [0, 0.05) is 42.8 Å². The van der Waals surface area contributed by atoms with Crippen LogP contribution in [0.25, 0.3) is 0 Å². The molecule has 0 unspecified atom stereocenters. The van der Waals surface area contributed by atoms with Crippen molar-refractivity contribution in [2.45, 2.75) is 51.9 Å². The molecule has 0 saturated carbocycles. The molecule has 0 aromatic heterocycles. The van der Waals surface area contributed by atoms with Gasteiger partial charge in [0.25, 0.3) is 5.91 Å². The summed E-state index contributed by atoms with van der Waals surface area (Å²) in [5.41, 5.74) is 1.49. The number of rotatable bonds is 4. The van der Waals surface area contributed by atoms with Crippen LogP contribution in [-0.2, 0) is 20.2 Å². The molecule has 1 N–H and O–H groups in total. The normalized spacial score (nSPS) is 15.8. The highest BCUT2D eigenvalue weighted by Gasteiger charge is 2.31. The number of nitrogens with one attached hydrogen (secondary N) is 1. The first-order chi connectivity index (χ1) is 15.7. The third-order valence-corrected chi connectivity index (χ3v) is 7.85. The number of hydrogen-bond acceptors (Lipinski definition) is 4. The first kappa shape index (κ1) is 25.9. The molecule has 0 bridgehead atoms. The van der Waals surface area contributed by atoms with Gasteiger partial charge in [-0.15, -0.1) is 0 Å². The van der Waals surface area contributed by atoms with E-state index in [1.165, 1.54) is 4.31 Å². The summed E-state index contributed by atoms with van der Waals surface area (Å²) < 4.78 is 27.6. The van der Waals surface area contributed by atoms with Gasteiger partial charge in [0.05, 0.1) is 4.90 Å². The molecule has 0 atom stereocenters. The second-order valence-electron chi connectivity index (χ2n) is 10.8. The summed E-state index contributed by atoms with van der Waals surface area (Å²) in [6.45, 7) is 12.8. The molecule has 8 heteroatoms. The molecule has 34 heavy (non-hydrogen) atoms. The Morgan fingerprint density at radius 2 is 1.44 bits per heavy atom. The molecule has 2 aromatic carbocycles. The lowest BCUT2D eigenvalue weighted by atomic mass is 9.87. The number of hydrogen-bond donors (Lipinski definition) is 1. The molecule has 184 valence electrons. The lowest BCUT2D eigenvalue weighted by Crippen LogP contribution is -2.50. The van der Waals surface area contributed by atoms with E-state index in [4.69, 9.17) is 0 Å². The Balaban J connectivity index is 1.66. The van der Waals surface area contributed by atoms with Crippen LogP contribution in [0.5, 0.6) is 0 Å². The Morgan fingerprint density at radius 1 is 0.853 bits per heavy atom. The quantitative estimate of drug-likeness (QED) is 0.706. The average molecular weight is 486 g/mol. The van der Waals surface area contributed by atoms with Crippen molar-refractivity contribution >= 4 is 27.5 Å². The van der Waals surface area contributed by atoms with Crippen molar-refractivity contribution in [1.29, 1.82) is 0 Å². The van der Waals surface area contributed by atoms with Crippen LogP contribution in [0.15, 0.2) is 53.4 Å². The van der Waals surface area contributed by atoms with Crippen molar-refractivity contribution in [3.05, 3.63) is 59.7 Å². The van der Waals surface area contributed by atoms with Crippen LogP contribution in [0.4, 0.5) is 5.69 Å². The molecule has 1 aliphatic rings. The summed E-state index contributed by atoms with van der Waals surface area (Å²) in [6, 6.07) is 13.9. The number of carbonyl (C=O) groups is 2. The van der Waals surface area contributed by atoms with E-state index in [1.807, 2.05) is 32.9 Å². The van der Waals surface area contributed by atoms with Crippen LogP contribution in [-0.4, -0.2) is 55.6 Å². The SMILES string of the molecule is CC(C)(C)C(=O)Nc1cccc(C(=O)N2CCN(S(=O)(=O)c3ccc(C(C)(C)C)cc3)CC2)c1. The number of piperazine rings is 1. The maximum Gasteiger partial charge on any atom is 0.254 e. The second kappa shape index (κ2) is 9.50. The fourth-order valence-corrected chi connectivity index (χ4v) is 5.06. The summed E-state index contributed by atoms with van der Waals surface area (Å²) >= 11 is 0. The zero-order valence-corrected chi connectivity index (χ0v) is 21.7. The topological polar surface area (TPSA) is 86.8 Å². The summed E-state index contributed by atoms with van der Waals surface area (Å²) in [6.07, 6.45) is 0. The first-order valence-electron chi connectivity index (χ1n) is 11.5. The Bertz CT molecular complexity index is 1150. The molecular formula is C26H35N3O4S. The number of sulfonamides is 1. The fourth-order valence-electron chi connectivity index (χ4n) is 3.64. The Labute approximate surface area is 203 Å². The van der Waals surface area contributed by atoms with Crippen LogP contribution in [0.3, 0.4) is 0 Å². The van der Waals surface area contributed by atoms with Gasteiger partial charge < -0.3 is 10.2 Å². The zero-order valence-electron chi connectivity index (χ0n) is 20.9. The van der Waals surface area contributed by atoms with Gasteiger partial charge in [0.1, 0.15) is 0 Å². The minimum Gasteiger partial charge on any atom is -0.336 e. The van der Waals surface area contributed by atoms with E-state index in [9.17, 15) is 18.0 Å². The van der Waals surface area contributed by atoms with Gasteiger partial charge in [-0.3, -0.25) is 9.59 Å². The largest absolute Gasteiger partial charge is 0.336 e. The van der Waals surface area contributed by atoms with Gasteiger partial charge in [-0.25, -0.2) is 8.42 Å². The third kappa shape index (κ3) is 5.85. The number of nitrogens with zero attached hydrogens (tertiary/aromatic N) is 2. The van der Waals surface area contributed by atoms with E-state index in [0.29, 0.717) is 24.3 Å². The summed E-state index contributed by atoms with van der Waals surface area (Å²) in [7, 11) is -3.62. The van der Waals surface area contributed by atoms with Crippen LogP contribution in [0, 0.1) is 5.41 Å². The molecule has 0 spiro atoms. The third-order valence-electron chi connectivity index (χ3n) is 5.93. The molecule has 0 radical (unpaired) electrons. The minimum atomic E-state index is -3.62. The highest BCUT2D eigenvalue weighted by molar-refractivity contribution is 7.89. The first-order valence-corrected chi connectivity index (χ1v) is 12.9. The van der Waals surface area contributed by atoms with Gasteiger partial charge in [0.2, 0.25) is 15.9 Å². The van der Waals surface area contributed by atoms with E-state index in [0.717, 1.165) is 5.56 Å². The summed E-state index contributed by atoms with van der Waals surface area (Å²) in [4.78, 5) is 27.2. The Hall–Kier alpha value is -2.71.